The van der Waals surface area contributed by atoms with E-state index >= 15 is 0 Å². The fourth-order valence-electron chi connectivity index (χ4n) is 4.83. The molecule has 0 unspecified atom stereocenters. The number of benzene rings is 1. The highest BCUT2D eigenvalue weighted by Crippen LogP contribution is 2.33. The van der Waals surface area contributed by atoms with E-state index in [-0.39, 0.29) is 17.5 Å². The van der Waals surface area contributed by atoms with Gasteiger partial charge < -0.3 is 4.90 Å². The van der Waals surface area contributed by atoms with Crippen molar-refractivity contribution in [2.45, 2.75) is 58.7 Å². The summed E-state index contributed by atoms with van der Waals surface area (Å²) >= 11 is 0. The van der Waals surface area contributed by atoms with Crippen LogP contribution in [0.5, 0.6) is 0 Å². The van der Waals surface area contributed by atoms with Crippen LogP contribution in [0.25, 0.3) is 5.65 Å². The first-order valence-corrected chi connectivity index (χ1v) is 11.2. The fraction of sp³-hybridized carbons (Fsp3) is 0.458. The SMILES string of the molecule is Cc1ccc(C(=O)N2CCC[C@@H]2c2cc3nc4c(c(=O)n3[nH]2)CN(C(C)C)CC4)cc1. The largest absolute Gasteiger partial charge is 0.330 e. The van der Waals surface area contributed by atoms with Gasteiger partial charge in [-0.15, -0.1) is 0 Å². The maximum Gasteiger partial charge on any atom is 0.277 e. The van der Waals surface area contributed by atoms with E-state index in [9.17, 15) is 9.59 Å². The Hall–Kier alpha value is -2.93. The van der Waals surface area contributed by atoms with Crippen LogP contribution in [-0.2, 0) is 13.0 Å². The first-order chi connectivity index (χ1) is 14.9. The van der Waals surface area contributed by atoms with Crippen LogP contribution >= 0.6 is 0 Å². The van der Waals surface area contributed by atoms with E-state index in [0.717, 1.165) is 54.9 Å². The summed E-state index contributed by atoms with van der Waals surface area (Å²) in [4.78, 5) is 35.4. The summed E-state index contributed by atoms with van der Waals surface area (Å²) in [6.07, 6.45) is 2.61. The van der Waals surface area contributed by atoms with Gasteiger partial charge in [-0.1, -0.05) is 17.7 Å². The van der Waals surface area contributed by atoms with Gasteiger partial charge in [0.15, 0.2) is 5.65 Å². The minimum Gasteiger partial charge on any atom is -0.330 e. The molecule has 1 saturated heterocycles. The number of nitrogens with zero attached hydrogens (tertiary/aromatic N) is 4. The Bertz CT molecular complexity index is 1190. The van der Waals surface area contributed by atoms with Crippen LogP contribution in [0.2, 0.25) is 0 Å². The number of amides is 1. The van der Waals surface area contributed by atoms with Crippen molar-refractivity contribution in [2.75, 3.05) is 13.1 Å². The number of hydrogen-bond acceptors (Lipinski definition) is 4. The number of H-pyrrole nitrogens is 1. The van der Waals surface area contributed by atoms with Crippen molar-refractivity contribution in [3.8, 4) is 0 Å². The van der Waals surface area contributed by atoms with Crippen LogP contribution in [0.15, 0.2) is 35.1 Å². The van der Waals surface area contributed by atoms with E-state index in [1.807, 2.05) is 42.2 Å². The summed E-state index contributed by atoms with van der Waals surface area (Å²) in [7, 11) is 0. The van der Waals surface area contributed by atoms with Gasteiger partial charge in [0.2, 0.25) is 0 Å². The predicted octanol–water partition coefficient (Wildman–Crippen LogP) is 3.07. The van der Waals surface area contributed by atoms with Crippen molar-refractivity contribution in [2.24, 2.45) is 0 Å². The molecule has 2 aliphatic heterocycles. The number of aromatic nitrogens is 3. The smallest absolute Gasteiger partial charge is 0.277 e. The summed E-state index contributed by atoms with van der Waals surface area (Å²) in [6, 6.07) is 9.98. The average Bonchev–Trinajstić information content (AvgIpc) is 3.41. The van der Waals surface area contributed by atoms with E-state index in [4.69, 9.17) is 4.98 Å². The van der Waals surface area contributed by atoms with Crippen molar-refractivity contribution in [3.05, 3.63) is 68.8 Å². The number of aryl methyl sites for hydroxylation is 1. The molecular weight excluding hydrogens is 390 g/mol. The van der Waals surface area contributed by atoms with Gasteiger partial charge in [-0.25, -0.2) is 9.50 Å². The van der Waals surface area contributed by atoms with E-state index in [1.165, 1.54) is 0 Å². The molecule has 7 heteroatoms. The number of carbonyl (C=O) groups is 1. The van der Waals surface area contributed by atoms with Gasteiger partial charge in [0.05, 0.1) is 23.0 Å². The number of hydrogen-bond donors (Lipinski definition) is 1. The highest BCUT2D eigenvalue weighted by atomic mass is 16.2. The maximum atomic E-state index is 13.2. The molecule has 1 fully saturated rings. The maximum absolute atomic E-state index is 13.2. The molecule has 0 aliphatic carbocycles. The summed E-state index contributed by atoms with van der Waals surface area (Å²) in [6.45, 7) is 8.60. The van der Waals surface area contributed by atoms with Crippen LogP contribution in [0, 0.1) is 6.92 Å². The molecule has 1 amide bonds. The van der Waals surface area contributed by atoms with Gasteiger partial charge in [-0.3, -0.25) is 19.6 Å². The molecule has 1 aromatic carbocycles. The fourth-order valence-corrected chi connectivity index (χ4v) is 4.83. The Morgan fingerprint density at radius 3 is 2.71 bits per heavy atom. The molecule has 0 bridgehead atoms. The molecule has 7 nitrogen and oxygen atoms in total. The standard InChI is InChI=1S/C24H29N5O2/c1-15(2)27-12-10-19-18(14-27)24(31)29-22(25-19)13-20(26-29)21-5-4-11-28(21)23(30)17-8-6-16(3)7-9-17/h6-9,13,15,21,26H,4-5,10-12,14H2,1-3H3/t21-/m1/s1. The molecule has 5 rings (SSSR count). The molecule has 0 spiro atoms. The monoisotopic (exact) mass is 419 g/mol. The van der Waals surface area contributed by atoms with Crippen LogP contribution < -0.4 is 5.56 Å². The van der Waals surface area contributed by atoms with Gasteiger partial charge in [0.1, 0.15) is 0 Å². The van der Waals surface area contributed by atoms with Gasteiger partial charge in [-0.2, -0.15) is 0 Å². The number of fused-ring (bicyclic) bond motifs is 2. The number of nitrogens with one attached hydrogen (secondary N) is 1. The van der Waals surface area contributed by atoms with E-state index in [1.54, 1.807) is 4.52 Å². The summed E-state index contributed by atoms with van der Waals surface area (Å²) in [5, 5.41) is 3.27. The molecule has 162 valence electrons. The zero-order chi connectivity index (χ0) is 21.7. The van der Waals surface area contributed by atoms with Gasteiger partial charge in [0.25, 0.3) is 11.5 Å². The van der Waals surface area contributed by atoms with Crippen molar-refractivity contribution in [3.63, 3.8) is 0 Å². The molecule has 0 saturated carbocycles. The van der Waals surface area contributed by atoms with Crippen LogP contribution in [0.4, 0.5) is 0 Å². The van der Waals surface area contributed by atoms with Crippen LogP contribution in [0.3, 0.4) is 0 Å². The topological polar surface area (TPSA) is 73.7 Å². The summed E-state index contributed by atoms with van der Waals surface area (Å²) < 4.78 is 1.56. The van der Waals surface area contributed by atoms with Gasteiger partial charge >= 0.3 is 0 Å². The third-order valence-electron chi connectivity index (χ3n) is 6.71. The Labute approximate surface area is 181 Å². The molecule has 1 atom stereocenters. The zero-order valence-electron chi connectivity index (χ0n) is 18.4. The second-order valence-corrected chi connectivity index (χ2v) is 9.08. The third-order valence-corrected chi connectivity index (χ3v) is 6.71. The second-order valence-electron chi connectivity index (χ2n) is 9.08. The van der Waals surface area contributed by atoms with Crippen molar-refractivity contribution in [1.29, 1.82) is 0 Å². The summed E-state index contributed by atoms with van der Waals surface area (Å²) in [5.41, 5.74) is 5.03. The lowest BCUT2D eigenvalue weighted by atomic mass is 10.1. The number of likely N-dealkylation sites (tertiary alicyclic amines) is 1. The molecule has 2 aromatic heterocycles. The van der Waals surface area contributed by atoms with Crippen molar-refractivity contribution < 1.29 is 4.79 Å². The average molecular weight is 420 g/mol. The van der Waals surface area contributed by atoms with Crippen molar-refractivity contribution >= 4 is 11.6 Å². The first kappa shape index (κ1) is 20.0. The quantitative estimate of drug-likeness (QED) is 0.708. The number of aromatic amines is 1. The Kier molecular flexibility index (Phi) is 4.93. The van der Waals surface area contributed by atoms with E-state index in [2.05, 4.69) is 23.8 Å². The zero-order valence-corrected chi connectivity index (χ0v) is 18.4. The highest BCUT2D eigenvalue weighted by molar-refractivity contribution is 5.94. The lowest BCUT2D eigenvalue weighted by Crippen LogP contribution is -2.40. The Morgan fingerprint density at radius 2 is 1.97 bits per heavy atom. The highest BCUT2D eigenvalue weighted by Gasteiger charge is 2.32. The van der Waals surface area contributed by atoms with Crippen molar-refractivity contribution in [1.82, 2.24) is 24.4 Å². The summed E-state index contributed by atoms with van der Waals surface area (Å²) in [5.74, 6) is 0.0355. The molecular formula is C24H29N5O2. The van der Waals surface area contributed by atoms with E-state index in [0.29, 0.717) is 23.8 Å². The molecule has 2 aliphatic rings. The predicted molar refractivity (Wildman–Crippen MR) is 119 cm³/mol. The number of carbonyl (C=O) groups excluding carboxylic acids is 1. The van der Waals surface area contributed by atoms with Crippen LogP contribution in [0.1, 0.15) is 65.6 Å². The normalized spacial score (nSPS) is 19.4. The lowest BCUT2D eigenvalue weighted by Gasteiger charge is -2.30. The molecule has 3 aromatic rings. The Morgan fingerprint density at radius 1 is 1.19 bits per heavy atom. The van der Waals surface area contributed by atoms with E-state index < -0.39 is 0 Å². The molecule has 31 heavy (non-hydrogen) atoms. The lowest BCUT2D eigenvalue weighted by molar-refractivity contribution is 0.0732. The van der Waals surface area contributed by atoms with Gasteiger partial charge in [-0.05, 0) is 45.7 Å². The second kappa shape index (κ2) is 7.64. The molecule has 4 heterocycles. The number of rotatable bonds is 3. The minimum absolute atomic E-state index is 0.0222. The molecule has 0 radical (unpaired) electrons. The minimum atomic E-state index is -0.0703. The third kappa shape index (κ3) is 3.47. The van der Waals surface area contributed by atoms with Gasteiger partial charge in [0, 0.05) is 43.7 Å². The van der Waals surface area contributed by atoms with Crippen LogP contribution in [-0.4, -0.2) is 49.4 Å². The first-order valence-electron chi connectivity index (χ1n) is 11.2. The Balaban J connectivity index is 1.49. The molecule has 1 N–H and O–H groups in total.